The van der Waals surface area contributed by atoms with Crippen molar-refractivity contribution in [3.05, 3.63) is 29.8 Å². The largest absolute Gasteiger partial charge is 0.493 e. The fraction of sp³-hybridized carbons (Fsp3) is 0.462. The molecule has 1 aromatic rings. The average molecular weight is 204 g/mol. The first-order chi connectivity index (χ1) is 7.27. The summed E-state index contributed by atoms with van der Waals surface area (Å²) >= 11 is 0. The van der Waals surface area contributed by atoms with Crippen LogP contribution >= 0.6 is 0 Å². The van der Waals surface area contributed by atoms with E-state index in [0.29, 0.717) is 11.5 Å². The first-order valence-electron chi connectivity index (χ1n) is 5.50. The fourth-order valence-electron chi connectivity index (χ4n) is 1.75. The van der Waals surface area contributed by atoms with Crippen LogP contribution in [0.2, 0.25) is 0 Å². The number of ketones is 1. The van der Waals surface area contributed by atoms with Crippen LogP contribution in [0.3, 0.4) is 0 Å². The standard InChI is InChI=1S/C13H16O2/c1-10(14)12-7-2-3-8-13(12)15-9-11-5-4-6-11/h2-3,7-8,11H,4-6,9H2,1H3. The summed E-state index contributed by atoms with van der Waals surface area (Å²) in [7, 11) is 0. The molecular formula is C13H16O2. The zero-order valence-corrected chi connectivity index (χ0v) is 9.03. The lowest BCUT2D eigenvalue weighted by molar-refractivity contribution is 0.101. The molecule has 1 fully saturated rings. The van der Waals surface area contributed by atoms with Crippen molar-refractivity contribution in [2.45, 2.75) is 26.2 Å². The molecule has 0 N–H and O–H groups in total. The van der Waals surface area contributed by atoms with E-state index in [-0.39, 0.29) is 5.78 Å². The van der Waals surface area contributed by atoms with E-state index in [1.165, 1.54) is 19.3 Å². The van der Waals surface area contributed by atoms with Gasteiger partial charge in [0.25, 0.3) is 0 Å². The zero-order chi connectivity index (χ0) is 10.7. The minimum absolute atomic E-state index is 0.0687. The molecule has 0 atom stereocenters. The number of benzene rings is 1. The lowest BCUT2D eigenvalue weighted by atomic mass is 9.86. The van der Waals surface area contributed by atoms with Crippen LogP contribution in [-0.4, -0.2) is 12.4 Å². The van der Waals surface area contributed by atoms with Crippen molar-refractivity contribution in [3.8, 4) is 5.75 Å². The average Bonchev–Trinajstić information content (AvgIpc) is 2.16. The Balaban J connectivity index is 2.02. The van der Waals surface area contributed by atoms with E-state index in [0.717, 1.165) is 12.4 Å². The summed E-state index contributed by atoms with van der Waals surface area (Å²) in [6, 6.07) is 7.46. The molecule has 1 saturated carbocycles. The number of rotatable bonds is 4. The molecule has 0 saturated heterocycles. The zero-order valence-electron chi connectivity index (χ0n) is 9.03. The quantitative estimate of drug-likeness (QED) is 0.704. The van der Waals surface area contributed by atoms with Gasteiger partial charge in [-0.25, -0.2) is 0 Å². The second-order valence-corrected chi connectivity index (χ2v) is 4.16. The van der Waals surface area contributed by atoms with Crippen molar-refractivity contribution in [1.82, 2.24) is 0 Å². The molecule has 0 amide bonds. The highest BCUT2D eigenvalue weighted by atomic mass is 16.5. The molecule has 2 heteroatoms. The van der Waals surface area contributed by atoms with E-state index in [4.69, 9.17) is 4.74 Å². The van der Waals surface area contributed by atoms with Gasteiger partial charge in [0.1, 0.15) is 5.75 Å². The van der Waals surface area contributed by atoms with Gasteiger partial charge in [-0.05, 0) is 37.8 Å². The minimum Gasteiger partial charge on any atom is -0.493 e. The number of carbonyl (C=O) groups excluding carboxylic acids is 1. The number of hydrogen-bond acceptors (Lipinski definition) is 2. The molecule has 0 heterocycles. The van der Waals surface area contributed by atoms with E-state index in [1.54, 1.807) is 6.92 Å². The molecule has 0 spiro atoms. The van der Waals surface area contributed by atoms with Crippen molar-refractivity contribution in [2.24, 2.45) is 5.92 Å². The summed E-state index contributed by atoms with van der Waals surface area (Å²) < 4.78 is 5.68. The molecule has 0 radical (unpaired) electrons. The Bertz CT molecular complexity index is 353. The van der Waals surface area contributed by atoms with E-state index in [9.17, 15) is 4.79 Å². The number of hydrogen-bond donors (Lipinski definition) is 0. The van der Waals surface area contributed by atoms with Gasteiger partial charge in [0, 0.05) is 0 Å². The van der Waals surface area contributed by atoms with Crippen molar-refractivity contribution >= 4 is 5.78 Å². The summed E-state index contributed by atoms with van der Waals surface area (Å²) in [5.41, 5.74) is 0.692. The van der Waals surface area contributed by atoms with Crippen molar-refractivity contribution in [2.75, 3.05) is 6.61 Å². The van der Waals surface area contributed by atoms with E-state index < -0.39 is 0 Å². The predicted molar refractivity (Wildman–Crippen MR) is 59.3 cm³/mol. The summed E-state index contributed by atoms with van der Waals surface area (Å²) in [6.07, 6.45) is 3.85. The Labute approximate surface area is 90.3 Å². The molecule has 1 aliphatic rings. The molecule has 0 unspecified atom stereocenters. The maximum atomic E-state index is 11.3. The van der Waals surface area contributed by atoms with Gasteiger partial charge in [0.15, 0.2) is 5.78 Å². The first-order valence-corrected chi connectivity index (χ1v) is 5.50. The van der Waals surface area contributed by atoms with Gasteiger partial charge in [-0.3, -0.25) is 4.79 Å². The van der Waals surface area contributed by atoms with E-state index in [1.807, 2.05) is 24.3 Å². The van der Waals surface area contributed by atoms with Crippen LogP contribution in [0.1, 0.15) is 36.5 Å². The Morgan fingerprint density at radius 3 is 2.73 bits per heavy atom. The third kappa shape index (κ3) is 2.38. The molecule has 15 heavy (non-hydrogen) atoms. The number of Topliss-reactive ketones (excluding diaryl/α,β-unsaturated/α-hetero) is 1. The molecule has 2 nitrogen and oxygen atoms in total. The maximum Gasteiger partial charge on any atom is 0.163 e. The second-order valence-electron chi connectivity index (χ2n) is 4.16. The second kappa shape index (κ2) is 4.47. The van der Waals surface area contributed by atoms with Gasteiger partial charge in [-0.15, -0.1) is 0 Å². The predicted octanol–water partition coefficient (Wildman–Crippen LogP) is 3.07. The Kier molecular flexibility index (Phi) is 3.05. The molecule has 0 aliphatic heterocycles. The molecule has 80 valence electrons. The Morgan fingerprint density at radius 1 is 1.40 bits per heavy atom. The van der Waals surface area contributed by atoms with Crippen LogP contribution in [0, 0.1) is 5.92 Å². The van der Waals surface area contributed by atoms with Gasteiger partial charge in [-0.2, -0.15) is 0 Å². The lowest BCUT2D eigenvalue weighted by Crippen LogP contribution is -2.19. The van der Waals surface area contributed by atoms with Crippen LogP contribution in [-0.2, 0) is 0 Å². The van der Waals surface area contributed by atoms with Crippen LogP contribution < -0.4 is 4.74 Å². The lowest BCUT2D eigenvalue weighted by Gasteiger charge is -2.25. The highest BCUT2D eigenvalue weighted by molar-refractivity contribution is 5.96. The monoisotopic (exact) mass is 204 g/mol. The smallest absolute Gasteiger partial charge is 0.163 e. The van der Waals surface area contributed by atoms with Crippen LogP contribution in [0.15, 0.2) is 24.3 Å². The first kappa shape index (κ1) is 10.2. The normalized spacial score (nSPS) is 15.8. The third-order valence-electron chi connectivity index (χ3n) is 2.97. The summed E-state index contributed by atoms with van der Waals surface area (Å²) in [6.45, 7) is 2.33. The van der Waals surface area contributed by atoms with Crippen LogP contribution in [0.5, 0.6) is 5.75 Å². The number of carbonyl (C=O) groups is 1. The number of para-hydroxylation sites is 1. The highest BCUT2D eigenvalue weighted by Crippen LogP contribution is 2.28. The topological polar surface area (TPSA) is 26.3 Å². The Morgan fingerprint density at radius 2 is 2.13 bits per heavy atom. The minimum atomic E-state index is 0.0687. The van der Waals surface area contributed by atoms with Crippen molar-refractivity contribution in [3.63, 3.8) is 0 Å². The van der Waals surface area contributed by atoms with Gasteiger partial charge in [0.2, 0.25) is 0 Å². The molecule has 1 aromatic carbocycles. The van der Waals surface area contributed by atoms with Crippen LogP contribution in [0.4, 0.5) is 0 Å². The molecule has 0 bridgehead atoms. The molecule has 2 rings (SSSR count). The van der Waals surface area contributed by atoms with Crippen molar-refractivity contribution < 1.29 is 9.53 Å². The van der Waals surface area contributed by atoms with Crippen molar-refractivity contribution in [1.29, 1.82) is 0 Å². The van der Waals surface area contributed by atoms with E-state index >= 15 is 0 Å². The summed E-state index contributed by atoms with van der Waals surface area (Å²) in [5.74, 6) is 1.50. The summed E-state index contributed by atoms with van der Waals surface area (Å²) in [5, 5.41) is 0. The fourth-order valence-corrected chi connectivity index (χ4v) is 1.75. The summed E-state index contributed by atoms with van der Waals surface area (Å²) in [4.78, 5) is 11.3. The van der Waals surface area contributed by atoms with Gasteiger partial charge in [0.05, 0.1) is 12.2 Å². The molecule has 0 aromatic heterocycles. The van der Waals surface area contributed by atoms with Gasteiger partial charge in [-0.1, -0.05) is 18.6 Å². The molecule has 1 aliphatic carbocycles. The Hall–Kier alpha value is -1.31. The number of ether oxygens (including phenoxy) is 1. The van der Waals surface area contributed by atoms with Gasteiger partial charge >= 0.3 is 0 Å². The van der Waals surface area contributed by atoms with Crippen LogP contribution in [0.25, 0.3) is 0 Å². The SMILES string of the molecule is CC(=O)c1ccccc1OCC1CCC1. The van der Waals surface area contributed by atoms with E-state index in [2.05, 4.69) is 0 Å². The maximum absolute atomic E-state index is 11.3. The third-order valence-corrected chi connectivity index (χ3v) is 2.97. The highest BCUT2D eigenvalue weighted by Gasteiger charge is 2.18. The molecular weight excluding hydrogens is 188 g/mol. The van der Waals surface area contributed by atoms with Gasteiger partial charge < -0.3 is 4.74 Å².